The first-order valence-corrected chi connectivity index (χ1v) is 6.63. The molecule has 2 rings (SSSR count). The zero-order chi connectivity index (χ0) is 13.1. The fourth-order valence-electron chi connectivity index (χ4n) is 2.03. The first kappa shape index (κ1) is 13.2. The van der Waals surface area contributed by atoms with Gasteiger partial charge in [-0.25, -0.2) is 0 Å². The number of nitrogens with one attached hydrogen (secondary N) is 1. The lowest BCUT2D eigenvalue weighted by Gasteiger charge is -2.13. The van der Waals surface area contributed by atoms with Gasteiger partial charge in [-0.2, -0.15) is 0 Å². The van der Waals surface area contributed by atoms with Gasteiger partial charge >= 0.3 is 0 Å². The van der Waals surface area contributed by atoms with Crippen LogP contribution in [0.5, 0.6) is 0 Å². The van der Waals surface area contributed by atoms with Gasteiger partial charge in [-0.3, -0.25) is 4.98 Å². The summed E-state index contributed by atoms with van der Waals surface area (Å²) in [5.41, 5.74) is 3.22. The number of pyridine rings is 1. The van der Waals surface area contributed by atoms with Crippen LogP contribution in [0.25, 0.3) is 0 Å². The number of hydrogen-bond donors (Lipinski definition) is 1. The summed E-state index contributed by atoms with van der Waals surface area (Å²) >= 11 is 3.42. The molecule has 0 bridgehead atoms. The predicted octanol–water partition coefficient (Wildman–Crippen LogP) is 3.30. The van der Waals surface area contributed by atoms with E-state index in [4.69, 9.17) is 4.52 Å². The van der Waals surface area contributed by atoms with Crippen molar-refractivity contribution in [2.75, 3.05) is 0 Å². The Morgan fingerprint density at radius 3 is 2.78 bits per heavy atom. The zero-order valence-electron chi connectivity index (χ0n) is 10.7. The van der Waals surface area contributed by atoms with Gasteiger partial charge in [0.05, 0.1) is 5.69 Å². The second kappa shape index (κ2) is 5.63. The van der Waals surface area contributed by atoms with Crippen LogP contribution < -0.4 is 5.32 Å². The Labute approximate surface area is 115 Å². The molecule has 0 aliphatic heterocycles. The monoisotopic (exact) mass is 309 g/mol. The maximum absolute atomic E-state index is 5.18. The summed E-state index contributed by atoms with van der Waals surface area (Å²) in [7, 11) is 0. The molecule has 96 valence electrons. The van der Waals surface area contributed by atoms with Crippen molar-refractivity contribution < 1.29 is 4.52 Å². The summed E-state index contributed by atoms with van der Waals surface area (Å²) in [5.74, 6) is 0.875. The molecular formula is C13H16BrN3O. The largest absolute Gasteiger partial charge is 0.361 e. The number of halogens is 1. The van der Waals surface area contributed by atoms with Crippen LogP contribution in [-0.2, 0) is 6.54 Å². The Hall–Kier alpha value is -1.20. The first-order valence-electron chi connectivity index (χ1n) is 5.83. The molecule has 1 unspecified atom stereocenters. The van der Waals surface area contributed by atoms with Crippen LogP contribution in [-0.4, -0.2) is 10.1 Å². The number of nitrogens with zero attached hydrogens (tertiary/aromatic N) is 2. The molecule has 0 fully saturated rings. The fourth-order valence-corrected chi connectivity index (χ4v) is 2.45. The summed E-state index contributed by atoms with van der Waals surface area (Å²) in [6.45, 7) is 6.77. The van der Waals surface area contributed by atoms with E-state index < -0.39 is 0 Å². The number of rotatable bonds is 4. The Kier molecular flexibility index (Phi) is 4.14. The van der Waals surface area contributed by atoms with Crippen molar-refractivity contribution in [3.8, 4) is 0 Å². The van der Waals surface area contributed by atoms with Gasteiger partial charge in [-0.1, -0.05) is 5.16 Å². The van der Waals surface area contributed by atoms with E-state index >= 15 is 0 Å². The maximum Gasteiger partial charge on any atom is 0.138 e. The molecule has 4 nitrogen and oxygen atoms in total. The molecule has 1 atom stereocenters. The van der Waals surface area contributed by atoms with Crippen molar-refractivity contribution in [2.45, 2.75) is 33.4 Å². The number of aromatic nitrogens is 2. The molecule has 2 aromatic rings. The average molecular weight is 310 g/mol. The molecule has 0 aromatic carbocycles. The Morgan fingerprint density at radius 1 is 1.39 bits per heavy atom. The van der Waals surface area contributed by atoms with Crippen molar-refractivity contribution in [1.82, 2.24) is 15.5 Å². The molecule has 0 saturated heterocycles. The molecule has 0 spiro atoms. The van der Waals surface area contributed by atoms with Crippen molar-refractivity contribution in [2.24, 2.45) is 0 Å². The van der Waals surface area contributed by atoms with E-state index in [9.17, 15) is 0 Å². The van der Waals surface area contributed by atoms with E-state index in [1.165, 1.54) is 0 Å². The normalized spacial score (nSPS) is 12.7. The summed E-state index contributed by atoms with van der Waals surface area (Å²) in [6.07, 6.45) is 3.64. The molecule has 18 heavy (non-hydrogen) atoms. The maximum atomic E-state index is 5.18. The Bertz CT molecular complexity index is 519. The molecule has 0 aliphatic rings. The average Bonchev–Trinajstić information content (AvgIpc) is 2.66. The van der Waals surface area contributed by atoms with Gasteiger partial charge < -0.3 is 9.84 Å². The lowest BCUT2D eigenvalue weighted by molar-refractivity contribution is 0.390. The van der Waals surface area contributed by atoms with Crippen LogP contribution in [0.2, 0.25) is 0 Å². The van der Waals surface area contributed by atoms with Gasteiger partial charge in [-0.05, 0) is 48.3 Å². The SMILES string of the molecule is Cc1noc(C)c1C(C)NCc1cncc(Br)c1. The third-order valence-electron chi connectivity index (χ3n) is 2.90. The molecule has 1 N–H and O–H groups in total. The van der Waals surface area contributed by atoms with Gasteiger partial charge in [0.1, 0.15) is 5.76 Å². The lowest BCUT2D eigenvalue weighted by atomic mass is 10.1. The molecule has 2 heterocycles. The highest BCUT2D eigenvalue weighted by Gasteiger charge is 2.15. The van der Waals surface area contributed by atoms with Gasteiger partial charge in [0, 0.05) is 35.0 Å². The number of hydrogen-bond acceptors (Lipinski definition) is 4. The van der Waals surface area contributed by atoms with Crippen molar-refractivity contribution in [3.63, 3.8) is 0 Å². The molecule has 0 saturated carbocycles. The van der Waals surface area contributed by atoms with Crippen molar-refractivity contribution in [3.05, 3.63) is 45.5 Å². The van der Waals surface area contributed by atoms with E-state index in [-0.39, 0.29) is 6.04 Å². The van der Waals surface area contributed by atoms with Crippen LogP contribution in [0, 0.1) is 13.8 Å². The minimum atomic E-state index is 0.204. The quantitative estimate of drug-likeness (QED) is 0.941. The standard InChI is InChI=1S/C13H16BrN3O/c1-8(13-9(2)17-18-10(13)3)16-6-11-4-12(14)7-15-5-11/h4-5,7-8,16H,6H2,1-3H3. The first-order chi connectivity index (χ1) is 8.58. The molecule has 0 radical (unpaired) electrons. The predicted molar refractivity (Wildman–Crippen MR) is 73.2 cm³/mol. The Morgan fingerprint density at radius 2 is 2.17 bits per heavy atom. The van der Waals surface area contributed by atoms with Crippen LogP contribution in [0.4, 0.5) is 0 Å². The van der Waals surface area contributed by atoms with E-state index in [0.717, 1.165) is 33.6 Å². The topological polar surface area (TPSA) is 51.0 Å². The van der Waals surface area contributed by atoms with Crippen LogP contribution in [0.15, 0.2) is 27.5 Å². The van der Waals surface area contributed by atoms with Crippen LogP contribution in [0.3, 0.4) is 0 Å². The smallest absolute Gasteiger partial charge is 0.138 e. The summed E-state index contributed by atoms with van der Waals surface area (Å²) in [6, 6.07) is 2.26. The van der Waals surface area contributed by atoms with Gasteiger partial charge in [0.15, 0.2) is 0 Å². The fraction of sp³-hybridized carbons (Fsp3) is 0.385. The third kappa shape index (κ3) is 2.97. The Balaban J connectivity index is 2.03. The highest BCUT2D eigenvalue weighted by molar-refractivity contribution is 9.10. The zero-order valence-corrected chi connectivity index (χ0v) is 12.3. The van der Waals surface area contributed by atoms with E-state index in [0.29, 0.717) is 0 Å². The van der Waals surface area contributed by atoms with Gasteiger partial charge in [0.25, 0.3) is 0 Å². The summed E-state index contributed by atoms with van der Waals surface area (Å²) in [4.78, 5) is 4.14. The van der Waals surface area contributed by atoms with E-state index in [1.807, 2.05) is 20.0 Å². The van der Waals surface area contributed by atoms with Crippen molar-refractivity contribution in [1.29, 1.82) is 0 Å². The van der Waals surface area contributed by atoms with E-state index in [2.05, 4.69) is 44.4 Å². The molecular weight excluding hydrogens is 294 g/mol. The summed E-state index contributed by atoms with van der Waals surface area (Å²) < 4.78 is 6.17. The minimum Gasteiger partial charge on any atom is -0.361 e. The third-order valence-corrected chi connectivity index (χ3v) is 3.33. The summed E-state index contributed by atoms with van der Waals surface area (Å²) in [5, 5.41) is 7.42. The van der Waals surface area contributed by atoms with Crippen LogP contribution >= 0.6 is 15.9 Å². The second-order valence-electron chi connectivity index (χ2n) is 4.35. The minimum absolute atomic E-state index is 0.204. The van der Waals surface area contributed by atoms with Crippen molar-refractivity contribution >= 4 is 15.9 Å². The molecule has 5 heteroatoms. The molecule has 0 aliphatic carbocycles. The van der Waals surface area contributed by atoms with Gasteiger partial charge in [-0.15, -0.1) is 0 Å². The second-order valence-corrected chi connectivity index (χ2v) is 5.27. The van der Waals surface area contributed by atoms with Gasteiger partial charge in [0.2, 0.25) is 0 Å². The van der Waals surface area contributed by atoms with Crippen LogP contribution in [0.1, 0.15) is 35.5 Å². The highest BCUT2D eigenvalue weighted by atomic mass is 79.9. The molecule has 0 amide bonds. The number of aryl methyl sites for hydroxylation is 2. The highest BCUT2D eigenvalue weighted by Crippen LogP contribution is 2.21. The lowest BCUT2D eigenvalue weighted by Crippen LogP contribution is -2.19. The molecule has 2 aromatic heterocycles. The van der Waals surface area contributed by atoms with E-state index in [1.54, 1.807) is 6.20 Å².